The van der Waals surface area contributed by atoms with Crippen molar-refractivity contribution in [3.8, 4) is 0 Å². The minimum absolute atomic E-state index is 0.231. The number of hydrogen-bond donors (Lipinski definition) is 2. The summed E-state index contributed by atoms with van der Waals surface area (Å²) in [6.07, 6.45) is 2.70. The molecule has 0 radical (unpaired) electrons. The highest BCUT2D eigenvalue weighted by Crippen LogP contribution is 2.17. The number of hydrazine groups is 1. The summed E-state index contributed by atoms with van der Waals surface area (Å²) in [5, 5.41) is 0. The molecule has 0 aliphatic rings. The fourth-order valence-electron chi connectivity index (χ4n) is 1.41. The van der Waals surface area contributed by atoms with Gasteiger partial charge in [0.15, 0.2) is 0 Å². The summed E-state index contributed by atoms with van der Waals surface area (Å²) in [6, 6.07) is 9.40. The number of benzene rings is 1. The van der Waals surface area contributed by atoms with Gasteiger partial charge >= 0.3 is 0 Å². The van der Waals surface area contributed by atoms with Crippen LogP contribution in [0.1, 0.15) is 15.9 Å². The molecule has 0 saturated heterocycles. The van der Waals surface area contributed by atoms with Gasteiger partial charge in [-0.1, -0.05) is 17.7 Å². The third kappa shape index (κ3) is 4.17. The van der Waals surface area contributed by atoms with Crippen LogP contribution in [0.2, 0.25) is 0 Å². The second-order valence-corrected chi connectivity index (χ2v) is 5.16. The first-order valence-corrected chi connectivity index (χ1v) is 6.94. The van der Waals surface area contributed by atoms with E-state index >= 15 is 0 Å². The van der Waals surface area contributed by atoms with Gasteiger partial charge in [-0.15, -0.1) is 11.8 Å². The van der Waals surface area contributed by atoms with Crippen LogP contribution in [0.4, 0.5) is 0 Å². The van der Waals surface area contributed by atoms with Crippen LogP contribution in [0, 0.1) is 6.92 Å². The maximum Gasteiger partial charge on any atom is 0.272 e. The van der Waals surface area contributed by atoms with E-state index in [9.17, 15) is 9.59 Å². The monoisotopic (exact) mass is 290 g/mol. The number of furan rings is 1. The van der Waals surface area contributed by atoms with Crippen LogP contribution in [-0.2, 0) is 4.79 Å². The molecule has 1 aromatic carbocycles. The zero-order valence-corrected chi connectivity index (χ0v) is 11.7. The van der Waals surface area contributed by atoms with Crippen molar-refractivity contribution < 1.29 is 14.0 Å². The molecule has 1 aromatic heterocycles. The van der Waals surface area contributed by atoms with Gasteiger partial charge < -0.3 is 4.42 Å². The number of amides is 2. The molecule has 5 nitrogen and oxygen atoms in total. The van der Waals surface area contributed by atoms with Gasteiger partial charge in [-0.25, -0.2) is 0 Å². The number of hydrogen-bond acceptors (Lipinski definition) is 4. The van der Waals surface area contributed by atoms with Crippen LogP contribution in [-0.4, -0.2) is 17.6 Å². The van der Waals surface area contributed by atoms with E-state index in [4.69, 9.17) is 4.42 Å². The lowest BCUT2D eigenvalue weighted by Gasteiger charge is -2.06. The molecule has 0 spiro atoms. The maximum absolute atomic E-state index is 11.6. The van der Waals surface area contributed by atoms with Gasteiger partial charge in [0.25, 0.3) is 5.91 Å². The molecule has 1 heterocycles. The third-order valence-corrected chi connectivity index (χ3v) is 3.50. The molecule has 0 aliphatic heterocycles. The molecule has 20 heavy (non-hydrogen) atoms. The van der Waals surface area contributed by atoms with Crippen LogP contribution < -0.4 is 10.9 Å². The molecule has 0 fully saturated rings. The SMILES string of the molecule is Cc1ccc(SCC(=O)NNC(=O)c2ccoc2)cc1. The summed E-state index contributed by atoms with van der Waals surface area (Å²) in [5.74, 6) is -0.450. The van der Waals surface area contributed by atoms with E-state index in [-0.39, 0.29) is 11.7 Å². The summed E-state index contributed by atoms with van der Waals surface area (Å²) in [7, 11) is 0. The van der Waals surface area contributed by atoms with Crippen LogP contribution in [0.5, 0.6) is 0 Å². The van der Waals surface area contributed by atoms with Gasteiger partial charge in [-0.2, -0.15) is 0 Å². The first-order chi connectivity index (χ1) is 9.65. The Morgan fingerprint density at radius 2 is 1.90 bits per heavy atom. The van der Waals surface area contributed by atoms with Crippen LogP contribution in [0.15, 0.2) is 52.2 Å². The van der Waals surface area contributed by atoms with Gasteiger partial charge in [0.05, 0.1) is 17.6 Å². The molecular weight excluding hydrogens is 276 g/mol. The summed E-state index contributed by atoms with van der Waals surface area (Å²) < 4.78 is 4.78. The maximum atomic E-state index is 11.6. The first kappa shape index (κ1) is 14.2. The van der Waals surface area contributed by atoms with E-state index in [2.05, 4.69) is 10.9 Å². The van der Waals surface area contributed by atoms with Crippen molar-refractivity contribution in [1.82, 2.24) is 10.9 Å². The lowest BCUT2D eigenvalue weighted by Crippen LogP contribution is -2.42. The second kappa shape index (κ2) is 6.81. The average Bonchev–Trinajstić information content (AvgIpc) is 2.98. The van der Waals surface area contributed by atoms with E-state index in [1.165, 1.54) is 35.9 Å². The molecule has 2 N–H and O–H groups in total. The van der Waals surface area contributed by atoms with Crippen molar-refractivity contribution in [1.29, 1.82) is 0 Å². The highest BCUT2D eigenvalue weighted by atomic mass is 32.2. The summed E-state index contributed by atoms with van der Waals surface area (Å²) in [4.78, 5) is 24.1. The van der Waals surface area contributed by atoms with Crippen LogP contribution >= 0.6 is 11.8 Å². The molecule has 0 unspecified atom stereocenters. The van der Waals surface area contributed by atoms with Crippen molar-refractivity contribution in [2.75, 3.05) is 5.75 Å². The topological polar surface area (TPSA) is 71.3 Å². The fourth-order valence-corrected chi connectivity index (χ4v) is 2.11. The van der Waals surface area contributed by atoms with Crippen molar-refractivity contribution >= 4 is 23.6 Å². The minimum Gasteiger partial charge on any atom is -0.472 e. The van der Waals surface area contributed by atoms with Crippen molar-refractivity contribution in [3.63, 3.8) is 0 Å². The van der Waals surface area contributed by atoms with Gasteiger partial charge in [-0.3, -0.25) is 20.4 Å². The zero-order chi connectivity index (χ0) is 14.4. The Morgan fingerprint density at radius 3 is 2.55 bits per heavy atom. The van der Waals surface area contributed by atoms with Crippen LogP contribution in [0.25, 0.3) is 0 Å². The van der Waals surface area contributed by atoms with Gasteiger partial charge in [-0.05, 0) is 25.1 Å². The number of aryl methyl sites for hydroxylation is 1. The van der Waals surface area contributed by atoms with E-state index in [0.29, 0.717) is 5.56 Å². The van der Waals surface area contributed by atoms with Crippen molar-refractivity contribution in [2.45, 2.75) is 11.8 Å². The minimum atomic E-state index is -0.410. The predicted octanol–water partition coefficient (Wildman–Crippen LogP) is 2.14. The Morgan fingerprint density at radius 1 is 1.15 bits per heavy atom. The molecule has 0 bridgehead atoms. The zero-order valence-electron chi connectivity index (χ0n) is 10.9. The quantitative estimate of drug-likeness (QED) is 0.668. The fraction of sp³-hybridized carbons (Fsp3) is 0.143. The molecule has 2 aromatic rings. The second-order valence-electron chi connectivity index (χ2n) is 4.12. The average molecular weight is 290 g/mol. The van der Waals surface area contributed by atoms with Gasteiger partial charge in [0.1, 0.15) is 6.26 Å². The number of carbonyl (C=O) groups is 2. The molecule has 0 aliphatic carbocycles. The highest BCUT2D eigenvalue weighted by molar-refractivity contribution is 8.00. The van der Waals surface area contributed by atoms with Crippen molar-refractivity contribution in [2.24, 2.45) is 0 Å². The number of rotatable bonds is 4. The largest absolute Gasteiger partial charge is 0.472 e. The van der Waals surface area contributed by atoms with E-state index < -0.39 is 5.91 Å². The standard InChI is InChI=1S/C14H14N2O3S/c1-10-2-4-12(5-3-10)20-9-13(17)15-16-14(18)11-6-7-19-8-11/h2-8H,9H2,1H3,(H,15,17)(H,16,18). The molecule has 0 atom stereocenters. The molecule has 0 saturated carbocycles. The van der Waals surface area contributed by atoms with Gasteiger partial charge in [0, 0.05) is 4.90 Å². The number of thioether (sulfide) groups is 1. The van der Waals surface area contributed by atoms with Gasteiger partial charge in [0.2, 0.25) is 5.91 Å². The summed E-state index contributed by atoms with van der Waals surface area (Å²) in [5.41, 5.74) is 6.20. The molecule has 6 heteroatoms. The Labute approximate surface area is 120 Å². The lowest BCUT2D eigenvalue weighted by atomic mass is 10.2. The Bertz CT molecular complexity index is 579. The third-order valence-electron chi connectivity index (χ3n) is 2.49. The van der Waals surface area contributed by atoms with E-state index in [1.807, 2.05) is 31.2 Å². The number of carbonyl (C=O) groups excluding carboxylic acids is 2. The predicted molar refractivity (Wildman–Crippen MR) is 76.2 cm³/mol. The summed E-state index contributed by atoms with van der Waals surface area (Å²) in [6.45, 7) is 2.01. The highest BCUT2D eigenvalue weighted by Gasteiger charge is 2.08. The first-order valence-electron chi connectivity index (χ1n) is 5.96. The Hall–Kier alpha value is -2.21. The van der Waals surface area contributed by atoms with E-state index in [1.54, 1.807) is 0 Å². The molecular formula is C14H14N2O3S. The molecule has 2 rings (SSSR count). The van der Waals surface area contributed by atoms with Crippen LogP contribution in [0.3, 0.4) is 0 Å². The smallest absolute Gasteiger partial charge is 0.272 e. The molecule has 2 amide bonds. The normalized spacial score (nSPS) is 10.1. The number of nitrogens with one attached hydrogen (secondary N) is 2. The summed E-state index contributed by atoms with van der Waals surface area (Å²) >= 11 is 1.40. The molecule has 104 valence electrons. The van der Waals surface area contributed by atoms with Crippen molar-refractivity contribution in [3.05, 3.63) is 54.0 Å². The lowest BCUT2D eigenvalue weighted by molar-refractivity contribution is -0.119. The Kier molecular flexibility index (Phi) is 4.84. The Balaban J connectivity index is 1.73. The van der Waals surface area contributed by atoms with E-state index in [0.717, 1.165) is 4.90 Å².